The molecule has 1 radical (unpaired) electrons. The molecule has 18 heavy (non-hydrogen) atoms. The molecule has 0 aliphatic carbocycles. The van der Waals surface area contributed by atoms with Gasteiger partial charge in [0, 0.05) is 29.6 Å². The third-order valence-corrected chi connectivity index (χ3v) is 1.77. The van der Waals surface area contributed by atoms with Crippen LogP contribution in [0, 0.1) is 0 Å². The van der Waals surface area contributed by atoms with Gasteiger partial charge in [-0.3, -0.25) is 24.1 Å². The fourth-order valence-electron chi connectivity index (χ4n) is 1.16. The first-order chi connectivity index (χ1) is 7.73. The van der Waals surface area contributed by atoms with E-state index in [9.17, 15) is 19.2 Å². The maximum absolute atomic E-state index is 10.7. The first-order valence-electron chi connectivity index (χ1n) is 4.36. The quantitative estimate of drug-likeness (QED) is 0.367. The van der Waals surface area contributed by atoms with Gasteiger partial charge in [-0.2, -0.15) is 0 Å². The van der Waals surface area contributed by atoms with E-state index in [0.717, 1.165) is 0 Å². The Hall–Kier alpha value is -1.16. The van der Waals surface area contributed by atoms with Crippen molar-refractivity contribution in [2.75, 3.05) is 13.1 Å². The van der Waals surface area contributed by atoms with Crippen LogP contribution in [0.15, 0.2) is 0 Å². The van der Waals surface area contributed by atoms with Crippen molar-refractivity contribution < 1.29 is 39.6 Å². The Morgan fingerprint density at radius 1 is 0.833 bits per heavy atom. The van der Waals surface area contributed by atoms with E-state index in [4.69, 9.17) is 20.4 Å². The van der Waals surface area contributed by atoms with E-state index in [1.807, 2.05) is 0 Å². The zero-order valence-electron chi connectivity index (χ0n) is 9.57. The largest absolute Gasteiger partial charge is 0.481 e. The smallest absolute Gasteiger partial charge is 0.321 e. The number of aliphatic carboxylic acids is 4. The normalized spacial score (nSPS) is 11.4. The molecule has 0 aromatic carbocycles. The molecule has 0 aliphatic heterocycles. The van der Waals surface area contributed by atoms with Crippen molar-refractivity contribution in [1.29, 1.82) is 0 Å². The molecule has 97 valence electrons. The van der Waals surface area contributed by atoms with E-state index >= 15 is 0 Å². The Bertz CT molecular complexity index is 328. The third-order valence-electron chi connectivity index (χ3n) is 1.77. The molecule has 0 amide bonds. The summed E-state index contributed by atoms with van der Waals surface area (Å²) in [5, 5.41) is 34.2. The number of carbonyl (C=O) groups is 4. The number of nitrogens with zero attached hydrogens (tertiary/aromatic N) is 1. The van der Waals surface area contributed by atoms with E-state index in [1.165, 1.54) is 0 Å². The van der Waals surface area contributed by atoms with Crippen LogP contribution >= 0.6 is 0 Å². The average Bonchev–Trinajstić information content (AvgIpc) is 2.10. The van der Waals surface area contributed by atoms with Crippen LogP contribution in [0.4, 0.5) is 0 Å². The zero-order chi connectivity index (χ0) is 13.6. The van der Waals surface area contributed by atoms with Gasteiger partial charge in [0.25, 0.3) is 0 Å². The van der Waals surface area contributed by atoms with Crippen molar-refractivity contribution in [1.82, 2.24) is 4.90 Å². The Morgan fingerprint density at radius 2 is 1.22 bits per heavy atom. The Kier molecular flexibility index (Phi) is 9.45. The van der Waals surface area contributed by atoms with Crippen molar-refractivity contribution >= 4 is 53.4 Å². The molecule has 0 saturated heterocycles. The van der Waals surface area contributed by atoms with E-state index < -0.39 is 49.4 Å². The van der Waals surface area contributed by atoms with Gasteiger partial charge in [0.15, 0.2) is 0 Å². The van der Waals surface area contributed by atoms with Gasteiger partial charge < -0.3 is 20.4 Å². The van der Waals surface area contributed by atoms with Gasteiger partial charge in [-0.25, -0.2) is 0 Å². The van der Waals surface area contributed by atoms with Gasteiger partial charge in [0.2, 0.25) is 0 Å². The molecule has 0 aliphatic rings. The molecule has 0 aromatic heterocycles. The molecular weight excluding hydrogens is 261 g/mol. The predicted molar refractivity (Wildman–Crippen MR) is 56.3 cm³/mol. The summed E-state index contributed by atoms with van der Waals surface area (Å²) < 4.78 is 0. The topological polar surface area (TPSA) is 152 Å². The van der Waals surface area contributed by atoms with E-state index in [2.05, 4.69) is 0 Å². The SMILES string of the molecule is O=C(O)C[C@@H](C(=O)O)N(CC(=O)O)CC(=O)O.[Na]. The number of carboxylic acids is 4. The monoisotopic (exact) mass is 272 g/mol. The molecule has 0 spiro atoms. The summed E-state index contributed by atoms with van der Waals surface area (Å²) in [6.07, 6.45) is -0.879. The third kappa shape index (κ3) is 8.01. The zero-order valence-corrected chi connectivity index (χ0v) is 11.6. The first kappa shape index (κ1) is 19.2. The van der Waals surface area contributed by atoms with Crippen LogP contribution in [0.5, 0.6) is 0 Å². The fourth-order valence-corrected chi connectivity index (χ4v) is 1.16. The van der Waals surface area contributed by atoms with Crippen LogP contribution in [-0.2, 0) is 19.2 Å². The summed E-state index contributed by atoms with van der Waals surface area (Å²) in [6, 6.07) is -1.69. The van der Waals surface area contributed by atoms with E-state index in [0.29, 0.717) is 4.90 Å². The van der Waals surface area contributed by atoms with Gasteiger partial charge in [0.1, 0.15) is 6.04 Å². The Morgan fingerprint density at radius 3 is 1.44 bits per heavy atom. The second-order valence-electron chi connectivity index (χ2n) is 3.14. The molecule has 10 heteroatoms. The van der Waals surface area contributed by atoms with Crippen LogP contribution < -0.4 is 0 Å². The van der Waals surface area contributed by atoms with Gasteiger partial charge in [-0.1, -0.05) is 0 Å². The fraction of sp³-hybridized carbons (Fsp3) is 0.500. The van der Waals surface area contributed by atoms with Gasteiger partial charge >= 0.3 is 23.9 Å². The molecule has 0 fully saturated rings. The van der Waals surface area contributed by atoms with Crippen LogP contribution in [0.1, 0.15) is 6.42 Å². The van der Waals surface area contributed by atoms with Crippen LogP contribution in [-0.4, -0.2) is 97.9 Å². The Balaban J connectivity index is 0. The molecule has 0 saturated carbocycles. The molecule has 9 nitrogen and oxygen atoms in total. The number of hydrogen-bond acceptors (Lipinski definition) is 5. The van der Waals surface area contributed by atoms with Crippen LogP contribution in [0.25, 0.3) is 0 Å². The van der Waals surface area contributed by atoms with Crippen molar-refractivity contribution in [2.45, 2.75) is 12.5 Å². The van der Waals surface area contributed by atoms with Crippen molar-refractivity contribution in [3.8, 4) is 0 Å². The van der Waals surface area contributed by atoms with Crippen LogP contribution in [0.2, 0.25) is 0 Å². The molecule has 1 atom stereocenters. The molecule has 0 bridgehead atoms. The van der Waals surface area contributed by atoms with Crippen molar-refractivity contribution in [3.05, 3.63) is 0 Å². The number of hydrogen-bond donors (Lipinski definition) is 4. The molecular formula is C8H11NNaO8. The molecule has 0 unspecified atom stereocenters. The standard InChI is InChI=1S/C8H11NO8.Na/c10-5(11)1-4(8(16)17)9(2-6(12)13)3-7(14)15;/h4H,1-3H2,(H,10,11)(H,12,13)(H,14,15)(H,16,17);/t4-;/m0./s1. The Labute approximate surface area is 123 Å². The summed E-state index contributed by atoms with van der Waals surface area (Å²) in [6.45, 7) is -1.73. The minimum Gasteiger partial charge on any atom is -0.481 e. The summed E-state index contributed by atoms with van der Waals surface area (Å²) in [5.41, 5.74) is 0. The summed E-state index contributed by atoms with van der Waals surface area (Å²) in [7, 11) is 0. The summed E-state index contributed by atoms with van der Waals surface area (Å²) in [4.78, 5) is 42.6. The summed E-state index contributed by atoms with van der Waals surface area (Å²) >= 11 is 0. The van der Waals surface area contributed by atoms with Gasteiger partial charge in [-0.15, -0.1) is 0 Å². The molecule has 0 heterocycles. The van der Waals surface area contributed by atoms with Gasteiger partial charge in [0.05, 0.1) is 19.5 Å². The first-order valence-corrected chi connectivity index (χ1v) is 4.36. The van der Waals surface area contributed by atoms with Crippen molar-refractivity contribution in [2.24, 2.45) is 0 Å². The average molecular weight is 272 g/mol. The maximum atomic E-state index is 10.7. The second kappa shape index (κ2) is 8.86. The number of carboxylic acid groups (broad SMARTS) is 4. The van der Waals surface area contributed by atoms with Crippen molar-refractivity contribution in [3.63, 3.8) is 0 Å². The minimum atomic E-state index is -1.69. The molecule has 0 rings (SSSR count). The maximum Gasteiger partial charge on any atom is 0.321 e. The van der Waals surface area contributed by atoms with Gasteiger partial charge in [-0.05, 0) is 0 Å². The summed E-state index contributed by atoms with van der Waals surface area (Å²) in [5.74, 6) is -5.93. The minimum absolute atomic E-state index is 0. The number of rotatable bonds is 8. The van der Waals surface area contributed by atoms with Crippen LogP contribution in [0.3, 0.4) is 0 Å². The second-order valence-corrected chi connectivity index (χ2v) is 3.14. The molecule has 4 N–H and O–H groups in total. The predicted octanol–water partition coefficient (Wildman–Crippen LogP) is -2.00. The molecule has 0 aromatic rings. The van der Waals surface area contributed by atoms with E-state index in [-0.39, 0.29) is 29.6 Å². The van der Waals surface area contributed by atoms with E-state index in [1.54, 1.807) is 0 Å².